The summed E-state index contributed by atoms with van der Waals surface area (Å²) in [6.07, 6.45) is 0. The van der Waals surface area contributed by atoms with Gasteiger partial charge in [0.15, 0.2) is 5.78 Å². The molecule has 0 radical (unpaired) electrons. The largest absolute Gasteiger partial charge is 0.494 e. The maximum absolute atomic E-state index is 13.1. The van der Waals surface area contributed by atoms with Crippen molar-refractivity contribution in [2.24, 2.45) is 10.2 Å². The molecule has 1 amide bonds. The van der Waals surface area contributed by atoms with Gasteiger partial charge in [-0.15, -0.1) is 0 Å². The highest BCUT2D eigenvalue weighted by Gasteiger charge is 2.29. The first-order chi connectivity index (χ1) is 16.3. The van der Waals surface area contributed by atoms with Gasteiger partial charge in [0.05, 0.1) is 32.1 Å². The highest BCUT2D eigenvalue weighted by Crippen LogP contribution is 2.33. The van der Waals surface area contributed by atoms with Crippen molar-refractivity contribution in [1.29, 1.82) is 0 Å². The van der Waals surface area contributed by atoms with Crippen molar-refractivity contribution >= 4 is 34.8 Å². The van der Waals surface area contributed by atoms with Crippen molar-refractivity contribution in [2.75, 3.05) is 30.8 Å². The standard InChI is InChI=1S/C24H30ClN3O6/c1-6-31-18-10-11-21(22(15-18)34-9-4)26-27-23(16(5)29)24(30)28(25)17-12-19(32-7-2)14-20(13-17)33-8-3/h10-15,23H,6-9H2,1-5H3. The van der Waals surface area contributed by atoms with Gasteiger partial charge in [0.2, 0.25) is 6.04 Å². The van der Waals surface area contributed by atoms with Gasteiger partial charge in [-0.2, -0.15) is 10.2 Å². The van der Waals surface area contributed by atoms with Crippen LogP contribution in [0.1, 0.15) is 34.6 Å². The summed E-state index contributed by atoms with van der Waals surface area (Å²) in [5.74, 6) is 0.681. The number of amides is 1. The molecule has 0 aliphatic carbocycles. The van der Waals surface area contributed by atoms with Crippen LogP contribution < -0.4 is 23.4 Å². The first kappa shape index (κ1) is 26.9. The number of rotatable bonds is 13. The summed E-state index contributed by atoms with van der Waals surface area (Å²) in [5, 5.41) is 8.10. The number of Topliss-reactive ketones (excluding diaryl/α,β-unsaturated/α-hetero) is 1. The molecule has 1 unspecified atom stereocenters. The van der Waals surface area contributed by atoms with Gasteiger partial charge >= 0.3 is 0 Å². The predicted molar refractivity (Wildman–Crippen MR) is 130 cm³/mol. The van der Waals surface area contributed by atoms with E-state index in [1.54, 1.807) is 36.4 Å². The number of ketones is 1. The number of ether oxygens (including phenoxy) is 4. The maximum Gasteiger partial charge on any atom is 0.276 e. The summed E-state index contributed by atoms with van der Waals surface area (Å²) in [7, 11) is 0. The van der Waals surface area contributed by atoms with Crippen molar-refractivity contribution in [1.82, 2.24) is 0 Å². The Morgan fingerprint density at radius 2 is 1.41 bits per heavy atom. The summed E-state index contributed by atoms with van der Waals surface area (Å²) in [6, 6.07) is 8.40. The lowest BCUT2D eigenvalue weighted by Gasteiger charge is -2.19. The van der Waals surface area contributed by atoms with Gasteiger partial charge in [0.25, 0.3) is 5.91 Å². The smallest absolute Gasteiger partial charge is 0.276 e. The Morgan fingerprint density at radius 1 is 0.853 bits per heavy atom. The Labute approximate surface area is 204 Å². The summed E-state index contributed by atoms with van der Waals surface area (Å²) in [5.41, 5.74) is 0.626. The van der Waals surface area contributed by atoms with Gasteiger partial charge < -0.3 is 18.9 Å². The highest BCUT2D eigenvalue weighted by molar-refractivity contribution is 6.39. The average Bonchev–Trinajstić information content (AvgIpc) is 2.80. The van der Waals surface area contributed by atoms with Crippen LogP contribution in [0, 0.1) is 0 Å². The molecule has 34 heavy (non-hydrogen) atoms. The number of carbonyl (C=O) groups excluding carboxylic acids is 2. The van der Waals surface area contributed by atoms with E-state index in [0.29, 0.717) is 55.1 Å². The Morgan fingerprint density at radius 3 is 1.94 bits per heavy atom. The molecule has 2 aromatic rings. The lowest BCUT2D eigenvalue weighted by molar-refractivity contribution is -0.126. The summed E-state index contributed by atoms with van der Waals surface area (Å²) in [6.45, 7) is 10.3. The van der Waals surface area contributed by atoms with E-state index in [2.05, 4.69) is 10.2 Å². The summed E-state index contributed by atoms with van der Waals surface area (Å²) < 4.78 is 23.0. The number of anilines is 1. The van der Waals surface area contributed by atoms with Gasteiger partial charge in [0, 0.05) is 36.0 Å². The molecular weight excluding hydrogens is 462 g/mol. The van der Waals surface area contributed by atoms with Crippen LogP contribution in [0.25, 0.3) is 0 Å². The number of azo groups is 1. The molecule has 2 aromatic carbocycles. The third-order valence-corrected chi connectivity index (χ3v) is 4.71. The zero-order chi connectivity index (χ0) is 25.1. The fraction of sp³-hybridized carbons (Fsp3) is 0.417. The number of benzene rings is 2. The molecule has 0 bridgehead atoms. The van der Waals surface area contributed by atoms with E-state index in [0.717, 1.165) is 4.42 Å². The molecule has 2 rings (SSSR count). The molecule has 1 atom stereocenters. The molecule has 184 valence electrons. The first-order valence-corrected chi connectivity index (χ1v) is 11.4. The quantitative estimate of drug-likeness (QED) is 0.208. The van der Waals surface area contributed by atoms with E-state index in [1.165, 1.54) is 6.92 Å². The molecule has 0 aliphatic rings. The van der Waals surface area contributed by atoms with Crippen molar-refractivity contribution in [3.05, 3.63) is 36.4 Å². The molecule has 9 nitrogen and oxygen atoms in total. The van der Waals surface area contributed by atoms with E-state index >= 15 is 0 Å². The minimum atomic E-state index is -1.45. The predicted octanol–water partition coefficient (Wildman–Crippen LogP) is 5.51. The number of nitrogens with zero attached hydrogens (tertiary/aromatic N) is 3. The summed E-state index contributed by atoms with van der Waals surface area (Å²) in [4.78, 5) is 25.4. The second-order valence-corrected chi connectivity index (χ2v) is 7.21. The Kier molecular flexibility index (Phi) is 10.6. The Bertz CT molecular complexity index is 990. The minimum Gasteiger partial charge on any atom is -0.494 e. The van der Waals surface area contributed by atoms with Gasteiger partial charge in [-0.05, 0) is 46.8 Å². The molecule has 0 spiro atoms. The van der Waals surface area contributed by atoms with Crippen LogP contribution in [-0.2, 0) is 9.59 Å². The SMILES string of the molecule is CCOc1cc(OCC)cc(N(Cl)C(=O)C(N=Nc2ccc(OCC)cc2OCC)C(C)=O)c1. The number of carbonyl (C=O) groups is 2. The molecular formula is C24H30ClN3O6. The molecule has 0 saturated heterocycles. The van der Waals surface area contributed by atoms with E-state index in [4.69, 9.17) is 30.7 Å². The van der Waals surface area contributed by atoms with Crippen molar-refractivity contribution in [3.63, 3.8) is 0 Å². The molecule has 0 saturated carbocycles. The second kappa shape index (κ2) is 13.4. The van der Waals surface area contributed by atoms with E-state index in [-0.39, 0.29) is 5.69 Å². The minimum absolute atomic E-state index is 0.276. The van der Waals surface area contributed by atoms with Gasteiger partial charge in [-0.1, -0.05) is 0 Å². The number of hydrogen-bond acceptors (Lipinski definition) is 8. The average molecular weight is 492 g/mol. The third kappa shape index (κ3) is 7.34. The van der Waals surface area contributed by atoms with Crippen LogP contribution in [0.2, 0.25) is 0 Å². The molecule has 0 heterocycles. The van der Waals surface area contributed by atoms with E-state index in [9.17, 15) is 9.59 Å². The van der Waals surface area contributed by atoms with E-state index < -0.39 is 17.7 Å². The van der Waals surface area contributed by atoms with Crippen molar-refractivity contribution in [3.8, 4) is 23.0 Å². The summed E-state index contributed by atoms with van der Waals surface area (Å²) >= 11 is 6.34. The van der Waals surface area contributed by atoms with Gasteiger partial charge in [0.1, 0.15) is 28.7 Å². The Hall–Kier alpha value is -3.33. The second-order valence-electron chi connectivity index (χ2n) is 6.87. The maximum atomic E-state index is 13.1. The van der Waals surface area contributed by atoms with Crippen molar-refractivity contribution in [2.45, 2.75) is 40.7 Å². The molecule has 0 fully saturated rings. The normalized spacial score (nSPS) is 11.7. The van der Waals surface area contributed by atoms with Crippen LogP contribution in [0.4, 0.5) is 11.4 Å². The number of halogens is 1. The molecule has 10 heteroatoms. The molecule has 0 aromatic heterocycles. The lowest BCUT2D eigenvalue weighted by Crippen LogP contribution is -2.36. The third-order valence-electron chi connectivity index (χ3n) is 4.35. The van der Waals surface area contributed by atoms with Crippen LogP contribution in [0.3, 0.4) is 0 Å². The Balaban J connectivity index is 2.34. The van der Waals surface area contributed by atoms with Gasteiger partial charge in [-0.3, -0.25) is 9.59 Å². The highest BCUT2D eigenvalue weighted by atomic mass is 35.5. The zero-order valence-electron chi connectivity index (χ0n) is 20.0. The number of hydrogen-bond donors (Lipinski definition) is 0. The fourth-order valence-electron chi connectivity index (χ4n) is 2.93. The fourth-order valence-corrected chi connectivity index (χ4v) is 3.12. The van der Waals surface area contributed by atoms with Crippen molar-refractivity contribution < 1.29 is 28.5 Å². The zero-order valence-corrected chi connectivity index (χ0v) is 20.8. The van der Waals surface area contributed by atoms with Gasteiger partial charge in [-0.25, -0.2) is 4.42 Å². The first-order valence-electron chi connectivity index (χ1n) is 11.1. The van der Waals surface area contributed by atoms with Crippen LogP contribution in [0.5, 0.6) is 23.0 Å². The van der Waals surface area contributed by atoms with Crippen LogP contribution in [-0.4, -0.2) is 44.2 Å². The van der Waals surface area contributed by atoms with Crippen LogP contribution in [0.15, 0.2) is 46.6 Å². The monoisotopic (exact) mass is 491 g/mol. The topological polar surface area (TPSA) is 99.0 Å². The van der Waals surface area contributed by atoms with E-state index in [1.807, 2.05) is 27.7 Å². The van der Waals surface area contributed by atoms with Crippen LogP contribution >= 0.6 is 11.8 Å². The lowest BCUT2D eigenvalue weighted by atomic mass is 10.2. The molecule has 0 aliphatic heterocycles. The molecule has 0 N–H and O–H groups in total.